The van der Waals surface area contributed by atoms with E-state index in [4.69, 9.17) is 55.5 Å². The number of hydrogen-bond acceptors (Lipinski definition) is 14. The molecule has 16 heteroatoms. The summed E-state index contributed by atoms with van der Waals surface area (Å²) in [5, 5.41) is 25.8. The van der Waals surface area contributed by atoms with Crippen molar-refractivity contribution in [2.45, 2.75) is 101 Å². The molecule has 61 heavy (non-hydrogen) atoms. The first-order chi connectivity index (χ1) is 28.8. The number of rotatable bonds is 17. The van der Waals surface area contributed by atoms with Crippen LogP contribution >= 0.6 is 0 Å². The summed E-state index contributed by atoms with van der Waals surface area (Å²) in [6.45, 7) is 8.86. The Labute approximate surface area is 382 Å². The molecule has 324 valence electrons. The summed E-state index contributed by atoms with van der Waals surface area (Å²) in [6, 6.07) is 25.9. The Kier molecular flexibility index (Phi) is 22.7. The predicted molar refractivity (Wildman–Crippen MR) is 225 cm³/mol. The van der Waals surface area contributed by atoms with E-state index in [0.29, 0.717) is 50.7 Å². The molecule has 14 nitrogen and oxygen atoms in total. The minimum atomic E-state index is -4.06. The van der Waals surface area contributed by atoms with Crippen molar-refractivity contribution in [1.29, 1.82) is 0 Å². The number of aliphatic hydroxyl groups excluding tert-OH is 1. The average molecular weight is 872 g/mol. The maximum Gasteiger partial charge on any atom is 1.00 e. The quantitative estimate of drug-likeness (QED) is 0.115. The number of ether oxygens (including phenoxy) is 5. The van der Waals surface area contributed by atoms with Gasteiger partial charge in [-0.25, -0.2) is 0 Å². The number of terminal acetylenes is 2. The smallest absolute Gasteiger partial charge is 0.394 e. The van der Waals surface area contributed by atoms with Gasteiger partial charge in [-0.2, -0.15) is 8.42 Å². The van der Waals surface area contributed by atoms with Gasteiger partial charge >= 0.3 is 29.6 Å². The van der Waals surface area contributed by atoms with Crippen molar-refractivity contribution < 1.29 is 85.7 Å². The number of aliphatic hydroxyl groups is 2. The van der Waals surface area contributed by atoms with Crippen molar-refractivity contribution in [3.63, 3.8) is 0 Å². The maximum atomic E-state index is 12.8. The Morgan fingerprint density at radius 3 is 1.90 bits per heavy atom. The molecule has 3 aromatic rings. The van der Waals surface area contributed by atoms with E-state index in [1.807, 2.05) is 67.6 Å². The van der Waals surface area contributed by atoms with Crippen molar-refractivity contribution in [1.82, 2.24) is 0 Å². The van der Waals surface area contributed by atoms with Gasteiger partial charge < -0.3 is 43.6 Å². The second kappa shape index (κ2) is 26.7. The summed E-state index contributed by atoms with van der Waals surface area (Å²) in [4.78, 5) is 10.5. The van der Waals surface area contributed by atoms with E-state index < -0.39 is 34.0 Å². The molecule has 3 aliphatic heterocycles. The Hall–Kier alpha value is -3.65. The standard InChI is InChI=1S/C24H27NO7S.C17H19NO4.C4H10O.Na/c1-3-20-13-23(31-25-20)24(14-26)30-17-21(16-29-15-19-7-5-4-6-8-19)32-33(27,28)22-11-9-18(2)10-12-22;1-2-14-8-16(22-18-14)17-12-20-15(11-21-17)10-19-9-13-6-4-3-5-7-13;1-4(2,3)5;/h1,4-12,21,23-24,26H,13-17H2,2H3;1,3-7,15-17H,8-12H2;5H,1-3H3;/q;;;+1/t21-,23-,24+;15-,16+,17-;;/m01../s1. The molecule has 6 atom stereocenters. The van der Waals surface area contributed by atoms with Crippen LogP contribution < -0.4 is 29.6 Å². The van der Waals surface area contributed by atoms with Gasteiger partial charge in [-0.3, -0.25) is 4.18 Å². The van der Waals surface area contributed by atoms with Gasteiger partial charge in [0, 0.05) is 12.8 Å². The van der Waals surface area contributed by atoms with Crippen molar-refractivity contribution in [3.05, 3.63) is 102 Å². The zero-order valence-corrected chi connectivity index (χ0v) is 38.4. The van der Waals surface area contributed by atoms with Crippen LogP contribution in [0, 0.1) is 31.6 Å². The molecular weight excluding hydrogens is 816 g/mol. The van der Waals surface area contributed by atoms with Gasteiger partial charge in [0.25, 0.3) is 10.1 Å². The van der Waals surface area contributed by atoms with Gasteiger partial charge in [-0.05, 0) is 51.0 Å². The fraction of sp³-hybridized carbons (Fsp3) is 0.467. The molecule has 0 unspecified atom stereocenters. The number of hydrogen-bond donors (Lipinski definition) is 2. The summed E-state index contributed by atoms with van der Waals surface area (Å²) in [7, 11) is -4.06. The molecule has 0 amide bonds. The normalized spacial score (nSPS) is 20.5. The van der Waals surface area contributed by atoms with Crippen LogP contribution in [0.3, 0.4) is 0 Å². The van der Waals surface area contributed by atoms with E-state index in [2.05, 4.69) is 22.2 Å². The number of aryl methyl sites for hydroxylation is 1. The fourth-order valence-electron chi connectivity index (χ4n) is 5.55. The third kappa shape index (κ3) is 19.5. The van der Waals surface area contributed by atoms with Gasteiger partial charge in [0.15, 0.2) is 12.2 Å². The molecular formula is C45H56N2NaO12S+. The summed E-state index contributed by atoms with van der Waals surface area (Å²) in [6.07, 6.45) is 8.96. The number of benzene rings is 3. The second-order valence-electron chi connectivity index (χ2n) is 15.1. The van der Waals surface area contributed by atoms with Gasteiger partial charge in [-0.15, -0.1) is 12.8 Å². The fourth-order valence-corrected chi connectivity index (χ4v) is 6.60. The first-order valence-electron chi connectivity index (χ1n) is 19.6. The van der Waals surface area contributed by atoms with Gasteiger partial charge in [-0.1, -0.05) is 101 Å². The van der Waals surface area contributed by atoms with Crippen LogP contribution in [0.1, 0.15) is 50.3 Å². The molecule has 0 radical (unpaired) electrons. The molecule has 3 heterocycles. The van der Waals surface area contributed by atoms with Gasteiger partial charge in [0.05, 0.1) is 63.4 Å². The summed E-state index contributed by atoms with van der Waals surface area (Å²) in [5.41, 5.74) is 3.56. The zero-order chi connectivity index (χ0) is 43.4. The maximum absolute atomic E-state index is 12.8. The van der Waals surface area contributed by atoms with Crippen LogP contribution in [-0.4, -0.2) is 112 Å². The molecule has 3 aromatic carbocycles. The van der Waals surface area contributed by atoms with E-state index in [9.17, 15) is 13.5 Å². The van der Waals surface area contributed by atoms with Crippen LogP contribution in [0.4, 0.5) is 0 Å². The largest absolute Gasteiger partial charge is 1.00 e. The van der Waals surface area contributed by atoms with E-state index in [-0.39, 0.29) is 79.2 Å². The molecule has 1 fully saturated rings. The van der Waals surface area contributed by atoms with Crippen molar-refractivity contribution in [3.8, 4) is 24.7 Å². The molecule has 0 spiro atoms. The summed E-state index contributed by atoms with van der Waals surface area (Å²) < 4.78 is 59.7. The Morgan fingerprint density at radius 2 is 1.38 bits per heavy atom. The monoisotopic (exact) mass is 871 g/mol. The summed E-state index contributed by atoms with van der Waals surface area (Å²) >= 11 is 0. The third-order valence-electron chi connectivity index (χ3n) is 8.62. The predicted octanol–water partition coefficient (Wildman–Crippen LogP) is 1.99. The first-order valence-corrected chi connectivity index (χ1v) is 21.0. The Balaban J connectivity index is 0.000000305. The zero-order valence-electron chi connectivity index (χ0n) is 35.6. The van der Waals surface area contributed by atoms with E-state index >= 15 is 0 Å². The molecule has 3 aliphatic rings. The Morgan fingerprint density at radius 1 is 0.803 bits per heavy atom. The van der Waals surface area contributed by atoms with Crippen molar-refractivity contribution >= 4 is 21.5 Å². The molecule has 0 aromatic heterocycles. The van der Waals surface area contributed by atoms with E-state index in [1.165, 1.54) is 12.1 Å². The Bertz CT molecular complexity index is 1970. The van der Waals surface area contributed by atoms with Crippen molar-refractivity contribution in [2.75, 3.05) is 39.6 Å². The second-order valence-corrected chi connectivity index (χ2v) is 16.7. The number of nitrogens with zero attached hydrogens (tertiary/aromatic N) is 2. The SMILES string of the molecule is C#CC1=NO[C@H]([C@@H](CO)OC[C@H](COCc2ccccc2)OS(=O)(=O)c2ccc(C)cc2)C1.C#CC1=NO[C@H]([C@H]2CO[C@H](COCc3ccccc3)CO2)C1.CC(C)(C)O.[Na+]. The van der Waals surface area contributed by atoms with Crippen LogP contribution in [0.15, 0.2) is 100 Å². The molecule has 6 rings (SSSR count). The van der Waals surface area contributed by atoms with Gasteiger partial charge in [0.1, 0.15) is 35.8 Å². The van der Waals surface area contributed by atoms with Crippen LogP contribution in [-0.2, 0) is 60.9 Å². The van der Waals surface area contributed by atoms with Gasteiger partial charge in [0.2, 0.25) is 0 Å². The topological polar surface area (TPSA) is 173 Å². The molecule has 2 N–H and O–H groups in total. The average Bonchev–Trinajstić information content (AvgIpc) is 3.93. The molecule has 0 aliphatic carbocycles. The van der Waals surface area contributed by atoms with Crippen molar-refractivity contribution in [2.24, 2.45) is 10.3 Å². The number of oxime groups is 2. The van der Waals surface area contributed by atoms with Crippen LogP contribution in [0.5, 0.6) is 0 Å². The first kappa shape index (κ1) is 51.7. The van der Waals surface area contributed by atoms with Crippen LogP contribution in [0.2, 0.25) is 0 Å². The third-order valence-corrected chi connectivity index (χ3v) is 9.99. The van der Waals surface area contributed by atoms with E-state index in [0.717, 1.165) is 16.7 Å². The summed E-state index contributed by atoms with van der Waals surface area (Å²) in [5.74, 6) is 4.89. The molecule has 0 bridgehead atoms. The molecule has 0 saturated carbocycles. The minimum absolute atomic E-state index is 0. The van der Waals surface area contributed by atoms with Crippen LogP contribution in [0.25, 0.3) is 0 Å². The molecule has 1 saturated heterocycles. The van der Waals surface area contributed by atoms with E-state index in [1.54, 1.807) is 32.9 Å². The minimum Gasteiger partial charge on any atom is -0.394 e.